The molecule has 3 rings (SSSR count). The van der Waals surface area contributed by atoms with Gasteiger partial charge in [-0.3, -0.25) is 4.98 Å². The number of hydrogen-bond donors (Lipinski definition) is 1. The molecule has 0 saturated heterocycles. The lowest BCUT2D eigenvalue weighted by Crippen LogP contribution is -2.25. The van der Waals surface area contributed by atoms with Gasteiger partial charge < -0.3 is 5.11 Å². The maximum absolute atomic E-state index is 11.1. The number of rotatable bonds is 1. The van der Waals surface area contributed by atoms with E-state index in [-0.39, 0.29) is 0 Å². The average molecular weight is 255 g/mol. The van der Waals surface area contributed by atoms with Crippen LogP contribution in [0.1, 0.15) is 44.6 Å². The minimum atomic E-state index is -0.661. The highest BCUT2D eigenvalue weighted by atomic mass is 16.3. The summed E-state index contributed by atoms with van der Waals surface area (Å²) in [6, 6.07) is 8.20. The van der Waals surface area contributed by atoms with Crippen molar-refractivity contribution >= 4 is 10.8 Å². The van der Waals surface area contributed by atoms with E-state index in [1.165, 1.54) is 6.42 Å². The van der Waals surface area contributed by atoms with Gasteiger partial charge in [0, 0.05) is 17.8 Å². The molecule has 2 nitrogen and oxygen atoms in total. The number of pyridine rings is 1. The molecule has 1 saturated carbocycles. The molecule has 2 aromatic rings. The van der Waals surface area contributed by atoms with Crippen molar-refractivity contribution in [2.45, 2.75) is 44.6 Å². The second kappa shape index (κ2) is 4.93. The van der Waals surface area contributed by atoms with Crippen molar-refractivity contribution in [1.29, 1.82) is 0 Å². The molecule has 1 aliphatic rings. The lowest BCUT2D eigenvalue weighted by Gasteiger charge is -2.28. The van der Waals surface area contributed by atoms with Crippen LogP contribution in [0.3, 0.4) is 0 Å². The van der Waals surface area contributed by atoms with Gasteiger partial charge in [-0.2, -0.15) is 0 Å². The lowest BCUT2D eigenvalue weighted by atomic mass is 9.84. The zero-order chi connectivity index (χ0) is 13.3. The summed E-state index contributed by atoms with van der Waals surface area (Å²) < 4.78 is 0. The van der Waals surface area contributed by atoms with Crippen LogP contribution in [0.2, 0.25) is 0 Å². The molecule has 1 aromatic heterocycles. The minimum Gasteiger partial charge on any atom is -0.385 e. The van der Waals surface area contributed by atoms with E-state index in [2.05, 4.69) is 24.0 Å². The summed E-state index contributed by atoms with van der Waals surface area (Å²) in [4.78, 5) is 4.17. The van der Waals surface area contributed by atoms with Crippen molar-refractivity contribution in [3.8, 4) is 0 Å². The average Bonchev–Trinajstić information content (AvgIpc) is 2.61. The smallest absolute Gasteiger partial charge is 0.0902 e. The summed E-state index contributed by atoms with van der Waals surface area (Å²) in [5.41, 5.74) is 0.424. The van der Waals surface area contributed by atoms with Crippen LogP contribution in [-0.4, -0.2) is 10.1 Å². The first-order valence-corrected chi connectivity index (χ1v) is 7.25. The molecule has 0 bridgehead atoms. The molecule has 100 valence electrons. The molecule has 1 aromatic carbocycles. The van der Waals surface area contributed by atoms with Crippen LogP contribution in [-0.2, 0) is 5.60 Å². The number of nitrogens with zero attached hydrogens (tertiary/aromatic N) is 1. The van der Waals surface area contributed by atoms with Crippen LogP contribution >= 0.6 is 0 Å². The van der Waals surface area contributed by atoms with Gasteiger partial charge in [-0.1, -0.05) is 31.5 Å². The molecule has 2 atom stereocenters. The third-order valence-corrected chi connectivity index (χ3v) is 4.52. The van der Waals surface area contributed by atoms with Gasteiger partial charge in [0.2, 0.25) is 0 Å². The Bertz CT molecular complexity index is 575. The number of fused-ring (bicyclic) bond motifs is 1. The van der Waals surface area contributed by atoms with Crippen molar-refractivity contribution in [2.75, 3.05) is 0 Å². The topological polar surface area (TPSA) is 33.1 Å². The van der Waals surface area contributed by atoms with E-state index in [1.807, 2.05) is 24.5 Å². The first-order chi connectivity index (χ1) is 9.19. The van der Waals surface area contributed by atoms with Crippen LogP contribution in [0.5, 0.6) is 0 Å². The quantitative estimate of drug-likeness (QED) is 0.781. The highest BCUT2D eigenvalue weighted by Gasteiger charge is 2.32. The summed E-state index contributed by atoms with van der Waals surface area (Å²) in [5, 5.41) is 13.4. The first-order valence-electron chi connectivity index (χ1n) is 7.25. The van der Waals surface area contributed by atoms with E-state index in [0.717, 1.165) is 47.9 Å². The van der Waals surface area contributed by atoms with Crippen molar-refractivity contribution < 1.29 is 5.11 Å². The summed E-state index contributed by atoms with van der Waals surface area (Å²) in [6.07, 6.45) is 8.89. The number of aliphatic hydroxyl groups is 1. The Morgan fingerprint density at radius 3 is 3.00 bits per heavy atom. The Morgan fingerprint density at radius 2 is 2.11 bits per heavy atom. The summed E-state index contributed by atoms with van der Waals surface area (Å²) in [5.74, 6) is 0.727. The summed E-state index contributed by atoms with van der Waals surface area (Å²) >= 11 is 0. The highest BCUT2D eigenvalue weighted by Crippen LogP contribution is 2.40. The van der Waals surface area contributed by atoms with Gasteiger partial charge in [0.1, 0.15) is 0 Å². The Balaban J connectivity index is 2.07. The third-order valence-electron chi connectivity index (χ3n) is 4.52. The van der Waals surface area contributed by atoms with E-state index >= 15 is 0 Å². The van der Waals surface area contributed by atoms with Gasteiger partial charge in [-0.25, -0.2) is 0 Å². The predicted octanol–water partition coefficient (Wildman–Crippen LogP) is 4.02. The van der Waals surface area contributed by atoms with E-state index in [0.29, 0.717) is 0 Å². The Labute approximate surface area is 114 Å². The van der Waals surface area contributed by atoms with E-state index < -0.39 is 5.60 Å². The molecule has 19 heavy (non-hydrogen) atoms. The molecule has 0 aliphatic heterocycles. The predicted molar refractivity (Wildman–Crippen MR) is 77.9 cm³/mol. The fourth-order valence-corrected chi connectivity index (χ4v) is 3.30. The zero-order valence-corrected chi connectivity index (χ0v) is 11.5. The molecule has 1 aliphatic carbocycles. The van der Waals surface area contributed by atoms with Crippen LogP contribution < -0.4 is 0 Å². The molecule has 2 heteroatoms. The number of hydrogen-bond acceptors (Lipinski definition) is 2. The molecular weight excluding hydrogens is 234 g/mol. The highest BCUT2D eigenvalue weighted by molar-refractivity contribution is 5.85. The van der Waals surface area contributed by atoms with Gasteiger partial charge in [0.25, 0.3) is 0 Å². The van der Waals surface area contributed by atoms with Gasteiger partial charge >= 0.3 is 0 Å². The van der Waals surface area contributed by atoms with E-state index in [4.69, 9.17) is 0 Å². The number of aromatic nitrogens is 1. The SMILES string of the molecule is CC1CCCC(O)(c2cccc3cnccc23)CC1. The van der Waals surface area contributed by atoms with Crippen molar-refractivity contribution in [3.05, 3.63) is 42.2 Å². The fraction of sp³-hybridized carbons (Fsp3) is 0.471. The standard InChI is InChI=1S/C17H21NO/c1-13-4-3-9-17(19,10-7-13)16-6-2-5-14-12-18-11-8-15(14)16/h2,5-6,8,11-13,19H,3-4,7,9-10H2,1H3. The van der Waals surface area contributed by atoms with Crippen LogP contribution in [0.4, 0.5) is 0 Å². The van der Waals surface area contributed by atoms with E-state index in [9.17, 15) is 5.11 Å². The Hall–Kier alpha value is -1.41. The fourth-order valence-electron chi connectivity index (χ4n) is 3.30. The summed E-state index contributed by atoms with van der Waals surface area (Å²) in [6.45, 7) is 2.29. The molecule has 0 radical (unpaired) electrons. The van der Waals surface area contributed by atoms with Crippen LogP contribution in [0, 0.1) is 5.92 Å². The Kier molecular flexibility index (Phi) is 3.28. The Morgan fingerprint density at radius 1 is 1.21 bits per heavy atom. The minimum absolute atomic E-state index is 0.661. The van der Waals surface area contributed by atoms with Gasteiger partial charge in [-0.05, 0) is 48.6 Å². The second-order valence-corrected chi connectivity index (χ2v) is 5.97. The van der Waals surface area contributed by atoms with Gasteiger partial charge in [0.05, 0.1) is 5.60 Å². The molecule has 1 fully saturated rings. The second-order valence-electron chi connectivity index (χ2n) is 5.97. The molecule has 0 spiro atoms. The maximum Gasteiger partial charge on any atom is 0.0902 e. The first kappa shape index (κ1) is 12.6. The van der Waals surface area contributed by atoms with Gasteiger partial charge in [-0.15, -0.1) is 0 Å². The van der Waals surface area contributed by atoms with Gasteiger partial charge in [0.15, 0.2) is 0 Å². The van der Waals surface area contributed by atoms with Crippen LogP contribution in [0.15, 0.2) is 36.7 Å². The summed E-state index contributed by atoms with van der Waals surface area (Å²) in [7, 11) is 0. The molecule has 1 N–H and O–H groups in total. The molecule has 2 unspecified atom stereocenters. The lowest BCUT2D eigenvalue weighted by molar-refractivity contribution is 0.0213. The van der Waals surface area contributed by atoms with Crippen molar-refractivity contribution in [3.63, 3.8) is 0 Å². The monoisotopic (exact) mass is 255 g/mol. The molecular formula is C17H21NO. The van der Waals surface area contributed by atoms with E-state index in [1.54, 1.807) is 0 Å². The molecule has 0 amide bonds. The number of benzene rings is 1. The third kappa shape index (κ3) is 2.37. The van der Waals surface area contributed by atoms with Crippen molar-refractivity contribution in [2.24, 2.45) is 5.92 Å². The maximum atomic E-state index is 11.1. The normalized spacial score (nSPS) is 28.2. The molecule has 1 heterocycles. The van der Waals surface area contributed by atoms with Crippen molar-refractivity contribution in [1.82, 2.24) is 4.98 Å². The zero-order valence-electron chi connectivity index (χ0n) is 11.5. The largest absolute Gasteiger partial charge is 0.385 e. The van der Waals surface area contributed by atoms with Crippen LogP contribution in [0.25, 0.3) is 10.8 Å².